The quantitative estimate of drug-likeness (QED) is 0.649. The van der Waals surface area contributed by atoms with Gasteiger partial charge >= 0.3 is 0 Å². The summed E-state index contributed by atoms with van der Waals surface area (Å²) in [6, 6.07) is 12.6. The van der Waals surface area contributed by atoms with Crippen molar-refractivity contribution < 1.29 is 22.7 Å². The molecule has 0 saturated heterocycles. The number of anilines is 1. The lowest BCUT2D eigenvalue weighted by Crippen LogP contribution is -2.38. The Morgan fingerprint density at radius 3 is 2.24 bits per heavy atom. The molecule has 7 nitrogen and oxygen atoms in total. The maximum atomic E-state index is 12.4. The zero-order chi connectivity index (χ0) is 21.4. The maximum Gasteiger partial charge on any atom is 0.243 e. The van der Waals surface area contributed by atoms with E-state index in [-0.39, 0.29) is 36.1 Å². The molecule has 2 aromatic carbocycles. The van der Waals surface area contributed by atoms with Crippen LogP contribution in [0.5, 0.6) is 5.75 Å². The van der Waals surface area contributed by atoms with E-state index in [2.05, 4.69) is 5.32 Å². The lowest BCUT2D eigenvalue weighted by Gasteiger charge is -2.20. The molecule has 9 heteroatoms. The van der Waals surface area contributed by atoms with Crippen molar-refractivity contribution in [3.8, 4) is 5.75 Å². The van der Waals surface area contributed by atoms with E-state index >= 15 is 0 Å². The summed E-state index contributed by atoms with van der Waals surface area (Å²) in [5.41, 5.74) is 0.574. The topological polar surface area (TPSA) is 92.8 Å². The summed E-state index contributed by atoms with van der Waals surface area (Å²) < 4.78 is 29.8. The van der Waals surface area contributed by atoms with Crippen molar-refractivity contribution in [2.24, 2.45) is 0 Å². The van der Waals surface area contributed by atoms with Crippen LogP contribution in [-0.4, -0.2) is 51.1 Å². The van der Waals surface area contributed by atoms with Gasteiger partial charge in [-0.2, -0.15) is 0 Å². The number of rotatable bonds is 9. The zero-order valence-corrected chi connectivity index (χ0v) is 17.8. The highest BCUT2D eigenvalue weighted by atomic mass is 35.5. The van der Waals surface area contributed by atoms with Gasteiger partial charge in [0.15, 0.2) is 9.84 Å². The number of halogens is 1. The number of benzene rings is 2. The molecule has 2 rings (SSSR count). The fourth-order valence-electron chi connectivity index (χ4n) is 2.56. The van der Waals surface area contributed by atoms with Crippen molar-refractivity contribution in [1.29, 1.82) is 0 Å². The maximum absolute atomic E-state index is 12.4. The zero-order valence-electron chi connectivity index (χ0n) is 16.2. The predicted molar refractivity (Wildman–Crippen MR) is 112 cm³/mol. The van der Waals surface area contributed by atoms with Crippen LogP contribution in [0, 0.1) is 0 Å². The van der Waals surface area contributed by atoms with E-state index in [1.54, 1.807) is 38.3 Å². The fraction of sp³-hybridized carbons (Fsp3) is 0.300. The molecule has 0 unspecified atom stereocenters. The van der Waals surface area contributed by atoms with Gasteiger partial charge in [-0.1, -0.05) is 11.6 Å². The number of carbonyl (C=O) groups is 2. The second-order valence-electron chi connectivity index (χ2n) is 6.21. The molecule has 0 spiro atoms. The van der Waals surface area contributed by atoms with Crippen LogP contribution in [0.15, 0.2) is 53.4 Å². The summed E-state index contributed by atoms with van der Waals surface area (Å²) in [5, 5.41) is 3.13. The molecule has 0 bridgehead atoms. The lowest BCUT2D eigenvalue weighted by atomic mass is 10.3. The van der Waals surface area contributed by atoms with E-state index in [0.29, 0.717) is 16.5 Å². The Morgan fingerprint density at radius 1 is 1.07 bits per heavy atom. The molecule has 0 radical (unpaired) electrons. The second-order valence-corrected chi connectivity index (χ2v) is 8.75. The lowest BCUT2D eigenvalue weighted by molar-refractivity contribution is -0.134. The number of methoxy groups -OCH3 is 1. The van der Waals surface area contributed by atoms with Crippen LogP contribution >= 0.6 is 11.6 Å². The van der Waals surface area contributed by atoms with Gasteiger partial charge in [0, 0.05) is 23.7 Å². The molecule has 1 N–H and O–H groups in total. The van der Waals surface area contributed by atoms with E-state index in [1.807, 2.05) is 0 Å². The van der Waals surface area contributed by atoms with Gasteiger partial charge < -0.3 is 15.0 Å². The number of hydrogen-bond acceptors (Lipinski definition) is 5. The van der Waals surface area contributed by atoms with Gasteiger partial charge in [-0.15, -0.1) is 0 Å². The first-order valence-corrected chi connectivity index (χ1v) is 11.0. The summed E-state index contributed by atoms with van der Waals surface area (Å²) in [5.74, 6) is -0.458. The first-order chi connectivity index (χ1) is 13.7. The monoisotopic (exact) mass is 438 g/mol. The molecule has 0 aliphatic heterocycles. The van der Waals surface area contributed by atoms with Gasteiger partial charge in [0.25, 0.3) is 0 Å². The van der Waals surface area contributed by atoms with Crippen LogP contribution < -0.4 is 10.1 Å². The molecule has 0 atom stereocenters. The van der Waals surface area contributed by atoms with Gasteiger partial charge in [0.2, 0.25) is 11.8 Å². The fourth-order valence-corrected chi connectivity index (χ4v) is 3.92. The standard InChI is InChI=1S/C20H23ClN2O5S/c1-3-23(14-19(24)22-16-6-8-17(28-2)9-7-16)20(25)12-13-29(26,27)18-10-4-15(21)5-11-18/h4-11H,3,12-14H2,1-2H3,(H,22,24). The van der Waals surface area contributed by atoms with E-state index in [4.69, 9.17) is 16.3 Å². The van der Waals surface area contributed by atoms with Crippen LogP contribution in [0.25, 0.3) is 0 Å². The Kier molecular flexibility index (Phi) is 8.04. The first-order valence-electron chi connectivity index (χ1n) is 8.95. The minimum Gasteiger partial charge on any atom is -0.497 e. The molecular weight excluding hydrogens is 416 g/mol. The van der Waals surface area contributed by atoms with Crippen LogP contribution in [0.4, 0.5) is 5.69 Å². The van der Waals surface area contributed by atoms with Crippen LogP contribution in [0.1, 0.15) is 13.3 Å². The Hall–Kier alpha value is -2.58. The molecule has 2 amide bonds. The van der Waals surface area contributed by atoms with E-state index in [1.165, 1.54) is 29.2 Å². The summed E-state index contributed by atoms with van der Waals surface area (Å²) >= 11 is 5.77. The number of amides is 2. The first kappa shape index (κ1) is 22.7. The molecule has 0 saturated carbocycles. The van der Waals surface area contributed by atoms with Crippen LogP contribution in [-0.2, 0) is 19.4 Å². The van der Waals surface area contributed by atoms with Gasteiger partial charge in [-0.3, -0.25) is 9.59 Å². The summed E-state index contributed by atoms with van der Waals surface area (Å²) in [4.78, 5) is 26.1. The van der Waals surface area contributed by atoms with Crippen molar-refractivity contribution >= 4 is 38.9 Å². The molecule has 0 aromatic heterocycles. The predicted octanol–water partition coefficient (Wildman–Crippen LogP) is 3.00. The molecule has 0 aliphatic carbocycles. The van der Waals surface area contributed by atoms with E-state index in [9.17, 15) is 18.0 Å². The van der Waals surface area contributed by atoms with Gasteiger partial charge in [-0.25, -0.2) is 8.42 Å². The number of nitrogens with one attached hydrogen (secondary N) is 1. The summed E-state index contributed by atoms with van der Waals surface area (Å²) in [7, 11) is -2.07. The Bertz CT molecular complexity index is 944. The number of hydrogen-bond donors (Lipinski definition) is 1. The third-order valence-corrected chi connectivity index (χ3v) is 6.18. The molecular formula is C20H23ClN2O5S. The molecule has 2 aromatic rings. The minimum atomic E-state index is -3.62. The van der Waals surface area contributed by atoms with Crippen LogP contribution in [0.3, 0.4) is 0 Å². The summed E-state index contributed by atoms with van der Waals surface area (Å²) in [6.07, 6.45) is -0.214. The highest BCUT2D eigenvalue weighted by Gasteiger charge is 2.20. The van der Waals surface area contributed by atoms with Gasteiger partial charge in [0.05, 0.1) is 24.3 Å². The average Bonchev–Trinajstić information content (AvgIpc) is 2.71. The van der Waals surface area contributed by atoms with Gasteiger partial charge in [-0.05, 0) is 55.5 Å². The highest BCUT2D eigenvalue weighted by Crippen LogP contribution is 2.17. The third-order valence-electron chi connectivity index (χ3n) is 4.20. The highest BCUT2D eigenvalue weighted by molar-refractivity contribution is 7.91. The number of nitrogens with zero attached hydrogens (tertiary/aromatic N) is 1. The van der Waals surface area contributed by atoms with E-state index in [0.717, 1.165) is 0 Å². The number of sulfone groups is 1. The van der Waals surface area contributed by atoms with Crippen LogP contribution in [0.2, 0.25) is 5.02 Å². The third kappa shape index (κ3) is 6.76. The Morgan fingerprint density at radius 2 is 1.69 bits per heavy atom. The molecule has 29 heavy (non-hydrogen) atoms. The second kappa shape index (κ2) is 10.3. The molecule has 0 heterocycles. The average molecular weight is 439 g/mol. The Labute approximate surface area is 175 Å². The van der Waals surface area contributed by atoms with Crippen molar-refractivity contribution in [3.05, 3.63) is 53.6 Å². The normalized spacial score (nSPS) is 11.0. The van der Waals surface area contributed by atoms with Crippen molar-refractivity contribution in [2.75, 3.05) is 31.3 Å². The number of carbonyl (C=O) groups excluding carboxylic acids is 2. The van der Waals surface area contributed by atoms with Crippen molar-refractivity contribution in [2.45, 2.75) is 18.2 Å². The Balaban J connectivity index is 1.91. The largest absolute Gasteiger partial charge is 0.497 e. The molecule has 0 fully saturated rings. The smallest absolute Gasteiger partial charge is 0.243 e. The SMILES string of the molecule is CCN(CC(=O)Nc1ccc(OC)cc1)C(=O)CCS(=O)(=O)c1ccc(Cl)cc1. The molecule has 156 valence electrons. The minimum absolute atomic E-state index is 0.106. The van der Waals surface area contributed by atoms with Crippen molar-refractivity contribution in [3.63, 3.8) is 0 Å². The van der Waals surface area contributed by atoms with Crippen molar-refractivity contribution in [1.82, 2.24) is 4.90 Å². The number of likely N-dealkylation sites (N-methyl/N-ethyl adjacent to an activating group) is 1. The molecule has 0 aliphatic rings. The summed E-state index contributed by atoms with van der Waals surface area (Å²) in [6.45, 7) is 1.85. The number of ether oxygens (including phenoxy) is 1. The van der Waals surface area contributed by atoms with Gasteiger partial charge in [0.1, 0.15) is 5.75 Å². The van der Waals surface area contributed by atoms with E-state index < -0.39 is 15.7 Å².